The molecule has 5 nitrogen and oxygen atoms in total. The van der Waals surface area contributed by atoms with Crippen LogP contribution in [0.1, 0.15) is 5.56 Å². The Morgan fingerprint density at radius 3 is 2.65 bits per heavy atom. The monoisotopic (exact) mass is 336 g/mol. The van der Waals surface area contributed by atoms with E-state index in [1.807, 2.05) is 0 Å². The third kappa shape index (κ3) is 2.75. The summed E-state index contributed by atoms with van der Waals surface area (Å²) in [6, 6.07) is 9.58. The normalized spacial score (nSPS) is 9.85. The minimum Gasteiger partial charge on any atom is -0.449 e. The first-order chi connectivity index (χ1) is 9.52. The molecule has 0 aromatic heterocycles. The Kier molecular flexibility index (Phi) is 3.96. The number of hydrogen-bond acceptors (Lipinski definition) is 4. The molecule has 0 spiro atoms. The molecule has 0 fully saturated rings. The topological polar surface area (TPSA) is 76.2 Å². The highest BCUT2D eigenvalue weighted by Crippen LogP contribution is 2.36. The molecule has 0 N–H and O–H groups in total. The standard InChI is InChI=1S/C13H6BrFN2O3/c14-10-6-9(15)4-5-11(10)20-12-3-1-2-8(7-16)13(12)17(18)19/h1-6H. The Morgan fingerprint density at radius 2 is 2.05 bits per heavy atom. The molecule has 0 aliphatic carbocycles. The van der Waals surface area contributed by atoms with Gasteiger partial charge in [0, 0.05) is 0 Å². The molecule has 0 saturated carbocycles. The molecule has 0 aliphatic heterocycles. The highest BCUT2D eigenvalue weighted by atomic mass is 79.9. The van der Waals surface area contributed by atoms with Gasteiger partial charge < -0.3 is 4.74 Å². The van der Waals surface area contributed by atoms with E-state index in [4.69, 9.17) is 10.00 Å². The number of nitriles is 1. The quantitative estimate of drug-likeness (QED) is 0.622. The second-order valence-corrected chi connectivity index (χ2v) is 4.55. The Morgan fingerprint density at radius 1 is 1.30 bits per heavy atom. The van der Waals surface area contributed by atoms with Gasteiger partial charge in [-0.2, -0.15) is 5.26 Å². The fourth-order valence-electron chi connectivity index (χ4n) is 1.56. The van der Waals surface area contributed by atoms with Crippen molar-refractivity contribution in [3.8, 4) is 17.6 Å². The zero-order chi connectivity index (χ0) is 14.7. The summed E-state index contributed by atoms with van der Waals surface area (Å²) in [7, 11) is 0. The maximum absolute atomic E-state index is 13.0. The fourth-order valence-corrected chi connectivity index (χ4v) is 1.99. The summed E-state index contributed by atoms with van der Waals surface area (Å²) < 4.78 is 18.7. The number of nitro groups is 1. The lowest BCUT2D eigenvalue weighted by Crippen LogP contribution is -1.97. The van der Waals surface area contributed by atoms with Gasteiger partial charge in [0.25, 0.3) is 0 Å². The summed E-state index contributed by atoms with van der Waals surface area (Å²) in [4.78, 5) is 10.3. The maximum atomic E-state index is 13.0. The number of nitro benzene ring substituents is 1. The first-order valence-corrected chi connectivity index (χ1v) is 6.12. The Bertz CT molecular complexity index is 728. The van der Waals surface area contributed by atoms with Crippen molar-refractivity contribution in [2.75, 3.05) is 0 Å². The van der Waals surface area contributed by atoms with Crippen molar-refractivity contribution in [2.45, 2.75) is 0 Å². The molecular formula is C13H6BrFN2O3. The van der Waals surface area contributed by atoms with E-state index in [-0.39, 0.29) is 17.1 Å². The number of nitrogens with zero attached hydrogens (tertiary/aromatic N) is 2. The SMILES string of the molecule is N#Cc1cccc(Oc2ccc(F)cc2Br)c1[N+](=O)[O-]. The van der Waals surface area contributed by atoms with Crippen molar-refractivity contribution in [1.82, 2.24) is 0 Å². The Balaban J connectivity index is 2.49. The van der Waals surface area contributed by atoms with E-state index in [9.17, 15) is 14.5 Å². The van der Waals surface area contributed by atoms with Crippen molar-refractivity contribution < 1.29 is 14.1 Å². The Hall–Kier alpha value is -2.46. The molecule has 0 aliphatic rings. The van der Waals surface area contributed by atoms with Crippen molar-refractivity contribution in [2.24, 2.45) is 0 Å². The molecule has 0 bridgehead atoms. The maximum Gasteiger partial charge on any atom is 0.329 e. The van der Waals surface area contributed by atoms with Gasteiger partial charge in [-0.15, -0.1) is 0 Å². The second kappa shape index (κ2) is 5.67. The fraction of sp³-hybridized carbons (Fsp3) is 0. The van der Waals surface area contributed by atoms with Crippen molar-refractivity contribution in [3.05, 3.63) is 62.4 Å². The van der Waals surface area contributed by atoms with Gasteiger partial charge in [0.15, 0.2) is 0 Å². The number of benzene rings is 2. The minimum absolute atomic E-state index is 0.0821. The second-order valence-electron chi connectivity index (χ2n) is 3.70. The zero-order valence-corrected chi connectivity index (χ0v) is 11.4. The van der Waals surface area contributed by atoms with E-state index in [0.29, 0.717) is 4.47 Å². The number of ether oxygens (including phenoxy) is 1. The molecule has 0 radical (unpaired) electrons. The predicted octanol–water partition coefficient (Wildman–Crippen LogP) is 4.16. The van der Waals surface area contributed by atoms with Gasteiger partial charge in [0.1, 0.15) is 23.2 Å². The molecule has 2 aromatic carbocycles. The van der Waals surface area contributed by atoms with E-state index >= 15 is 0 Å². The summed E-state index contributed by atoms with van der Waals surface area (Å²) in [5, 5.41) is 19.9. The van der Waals surface area contributed by atoms with Crippen LogP contribution in [-0.4, -0.2) is 4.92 Å². The van der Waals surface area contributed by atoms with E-state index in [1.54, 1.807) is 6.07 Å². The molecule has 0 heterocycles. The van der Waals surface area contributed by atoms with Crippen molar-refractivity contribution in [3.63, 3.8) is 0 Å². The summed E-state index contributed by atoms with van der Waals surface area (Å²) >= 11 is 3.10. The third-order valence-electron chi connectivity index (χ3n) is 2.42. The largest absolute Gasteiger partial charge is 0.449 e. The van der Waals surface area contributed by atoms with Crippen LogP contribution in [0.5, 0.6) is 11.5 Å². The lowest BCUT2D eigenvalue weighted by molar-refractivity contribution is -0.385. The molecule has 100 valence electrons. The average Bonchev–Trinajstić information content (AvgIpc) is 2.41. The van der Waals surface area contributed by atoms with Crippen LogP contribution >= 0.6 is 15.9 Å². The minimum atomic E-state index is -0.689. The molecular weight excluding hydrogens is 331 g/mol. The van der Waals surface area contributed by atoms with Crippen LogP contribution in [0, 0.1) is 27.3 Å². The van der Waals surface area contributed by atoms with E-state index in [0.717, 1.165) is 0 Å². The van der Waals surface area contributed by atoms with Gasteiger partial charge >= 0.3 is 5.69 Å². The Labute approximate surface area is 121 Å². The van der Waals surface area contributed by atoms with Crippen LogP contribution in [0.4, 0.5) is 10.1 Å². The van der Waals surface area contributed by atoms with E-state index in [1.165, 1.54) is 36.4 Å². The van der Waals surface area contributed by atoms with Crippen molar-refractivity contribution in [1.29, 1.82) is 5.26 Å². The van der Waals surface area contributed by atoms with Gasteiger partial charge in [-0.25, -0.2) is 4.39 Å². The molecule has 2 aromatic rings. The molecule has 0 saturated heterocycles. The number of halogens is 2. The highest BCUT2D eigenvalue weighted by molar-refractivity contribution is 9.10. The lowest BCUT2D eigenvalue weighted by Gasteiger charge is -2.08. The smallest absolute Gasteiger partial charge is 0.329 e. The van der Waals surface area contributed by atoms with Crippen LogP contribution < -0.4 is 4.74 Å². The highest BCUT2D eigenvalue weighted by Gasteiger charge is 2.22. The molecule has 0 unspecified atom stereocenters. The predicted molar refractivity (Wildman–Crippen MR) is 72.0 cm³/mol. The number of para-hydroxylation sites is 1. The van der Waals surface area contributed by atoms with Gasteiger partial charge in [0.05, 0.1) is 9.40 Å². The van der Waals surface area contributed by atoms with E-state index in [2.05, 4.69) is 15.9 Å². The zero-order valence-electron chi connectivity index (χ0n) is 9.84. The lowest BCUT2D eigenvalue weighted by atomic mass is 10.2. The van der Waals surface area contributed by atoms with Gasteiger partial charge in [0.2, 0.25) is 5.75 Å². The summed E-state index contributed by atoms with van der Waals surface area (Å²) in [5.41, 5.74) is -0.531. The first-order valence-electron chi connectivity index (χ1n) is 5.33. The molecule has 2 rings (SSSR count). The summed E-state index contributed by atoms with van der Waals surface area (Å²) in [6.07, 6.45) is 0. The molecule has 20 heavy (non-hydrogen) atoms. The van der Waals surface area contributed by atoms with Crippen LogP contribution in [0.15, 0.2) is 40.9 Å². The molecule has 0 atom stereocenters. The number of hydrogen-bond donors (Lipinski definition) is 0. The van der Waals surface area contributed by atoms with Crippen LogP contribution in [-0.2, 0) is 0 Å². The van der Waals surface area contributed by atoms with Gasteiger partial charge in [-0.3, -0.25) is 10.1 Å². The number of rotatable bonds is 3. The van der Waals surface area contributed by atoms with E-state index < -0.39 is 16.4 Å². The van der Waals surface area contributed by atoms with Gasteiger partial charge in [-0.05, 0) is 46.3 Å². The van der Waals surface area contributed by atoms with Crippen LogP contribution in [0.3, 0.4) is 0 Å². The van der Waals surface area contributed by atoms with Crippen LogP contribution in [0.2, 0.25) is 0 Å². The summed E-state index contributed by atoms with van der Waals surface area (Å²) in [6.45, 7) is 0. The first kappa shape index (κ1) is 14.0. The average molecular weight is 337 g/mol. The van der Waals surface area contributed by atoms with Gasteiger partial charge in [-0.1, -0.05) is 6.07 Å². The molecule has 7 heteroatoms. The van der Waals surface area contributed by atoms with Crippen LogP contribution in [0.25, 0.3) is 0 Å². The molecule has 0 amide bonds. The summed E-state index contributed by atoms with van der Waals surface area (Å²) in [5.74, 6) is -0.338. The van der Waals surface area contributed by atoms with Crippen molar-refractivity contribution >= 4 is 21.6 Å². The third-order valence-corrected chi connectivity index (χ3v) is 3.04.